The Morgan fingerprint density at radius 1 is 1.39 bits per heavy atom. The number of nitrogen functional groups attached to an aromatic ring is 1. The molecule has 1 saturated carbocycles. The smallest absolute Gasteiger partial charge is 0.223 e. The van der Waals surface area contributed by atoms with Crippen LogP contribution in [0.3, 0.4) is 0 Å². The lowest BCUT2D eigenvalue weighted by Gasteiger charge is -2.22. The molecule has 0 aromatic carbocycles. The molecule has 0 atom stereocenters. The SMILES string of the molecule is CCNc1cc(N(C)CC2CCCC2)nc(N)n1. The summed E-state index contributed by atoms with van der Waals surface area (Å²) in [5.41, 5.74) is 5.75. The fourth-order valence-corrected chi connectivity index (χ4v) is 2.59. The molecule has 2 rings (SSSR count). The Kier molecular flexibility index (Phi) is 4.23. The van der Waals surface area contributed by atoms with E-state index in [0.717, 1.165) is 30.6 Å². The molecule has 18 heavy (non-hydrogen) atoms. The van der Waals surface area contributed by atoms with Gasteiger partial charge in [-0.25, -0.2) is 0 Å². The maximum absolute atomic E-state index is 5.75. The summed E-state index contributed by atoms with van der Waals surface area (Å²) in [6, 6.07) is 1.97. The molecule has 0 unspecified atom stereocenters. The van der Waals surface area contributed by atoms with Crippen LogP contribution < -0.4 is 16.0 Å². The van der Waals surface area contributed by atoms with Crippen molar-refractivity contribution in [2.75, 3.05) is 36.1 Å². The third kappa shape index (κ3) is 3.24. The summed E-state index contributed by atoms with van der Waals surface area (Å²) in [6.45, 7) is 3.93. The van der Waals surface area contributed by atoms with E-state index in [9.17, 15) is 0 Å². The Bertz CT molecular complexity index is 387. The number of nitrogens with one attached hydrogen (secondary N) is 1. The Balaban J connectivity index is 2.05. The number of nitrogens with two attached hydrogens (primary N) is 1. The van der Waals surface area contributed by atoms with Crippen LogP contribution in [0.2, 0.25) is 0 Å². The summed E-state index contributed by atoms with van der Waals surface area (Å²) in [7, 11) is 2.08. The van der Waals surface area contributed by atoms with E-state index in [-0.39, 0.29) is 0 Å². The molecule has 1 aromatic rings. The highest BCUT2D eigenvalue weighted by atomic mass is 15.2. The van der Waals surface area contributed by atoms with E-state index in [1.54, 1.807) is 0 Å². The molecular formula is C13H23N5. The van der Waals surface area contributed by atoms with Crippen LogP contribution in [0.5, 0.6) is 0 Å². The molecule has 1 aliphatic rings. The molecule has 0 saturated heterocycles. The van der Waals surface area contributed by atoms with E-state index in [1.165, 1.54) is 25.7 Å². The molecule has 5 nitrogen and oxygen atoms in total. The van der Waals surface area contributed by atoms with E-state index in [2.05, 4.69) is 27.2 Å². The van der Waals surface area contributed by atoms with Crippen molar-refractivity contribution in [2.45, 2.75) is 32.6 Å². The van der Waals surface area contributed by atoms with Gasteiger partial charge in [0.1, 0.15) is 11.6 Å². The number of nitrogens with zero attached hydrogens (tertiary/aromatic N) is 3. The normalized spacial score (nSPS) is 15.9. The lowest BCUT2D eigenvalue weighted by atomic mass is 10.1. The standard InChI is InChI=1S/C13H23N5/c1-3-15-11-8-12(17-13(14)16-11)18(2)9-10-6-4-5-7-10/h8,10H,3-7,9H2,1-2H3,(H3,14,15,16,17). The largest absolute Gasteiger partial charge is 0.370 e. The van der Waals surface area contributed by atoms with Gasteiger partial charge in [-0.3, -0.25) is 0 Å². The van der Waals surface area contributed by atoms with Gasteiger partial charge in [0, 0.05) is 26.2 Å². The van der Waals surface area contributed by atoms with Gasteiger partial charge in [0.2, 0.25) is 5.95 Å². The summed E-state index contributed by atoms with van der Waals surface area (Å²) >= 11 is 0. The summed E-state index contributed by atoms with van der Waals surface area (Å²) in [6.07, 6.45) is 5.41. The van der Waals surface area contributed by atoms with Gasteiger partial charge in [0.05, 0.1) is 0 Å². The van der Waals surface area contributed by atoms with Crippen molar-refractivity contribution in [1.29, 1.82) is 0 Å². The fourth-order valence-electron chi connectivity index (χ4n) is 2.59. The molecule has 1 heterocycles. The van der Waals surface area contributed by atoms with Crippen LogP contribution in [-0.4, -0.2) is 30.1 Å². The van der Waals surface area contributed by atoms with Crippen LogP contribution in [0.4, 0.5) is 17.6 Å². The lowest BCUT2D eigenvalue weighted by Crippen LogP contribution is -2.25. The van der Waals surface area contributed by atoms with Crippen molar-refractivity contribution in [1.82, 2.24) is 9.97 Å². The molecule has 0 aliphatic heterocycles. The van der Waals surface area contributed by atoms with E-state index in [1.807, 2.05) is 13.0 Å². The molecule has 1 aliphatic carbocycles. The molecule has 0 radical (unpaired) electrons. The van der Waals surface area contributed by atoms with Gasteiger partial charge in [-0.05, 0) is 25.7 Å². The van der Waals surface area contributed by atoms with Crippen molar-refractivity contribution in [3.05, 3.63) is 6.07 Å². The zero-order chi connectivity index (χ0) is 13.0. The number of hydrogen-bond acceptors (Lipinski definition) is 5. The zero-order valence-corrected chi connectivity index (χ0v) is 11.3. The van der Waals surface area contributed by atoms with Gasteiger partial charge in [0.15, 0.2) is 0 Å². The van der Waals surface area contributed by atoms with Crippen LogP contribution in [-0.2, 0) is 0 Å². The van der Waals surface area contributed by atoms with Crippen LogP contribution in [0.1, 0.15) is 32.6 Å². The first-order valence-electron chi connectivity index (χ1n) is 6.78. The first kappa shape index (κ1) is 12.9. The van der Waals surface area contributed by atoms with Gasteiger partial charge in [-0.1, -0.05) is 12.8 Å². The minimum absolute atomic E-state index is 0.335. The highest BCUT2D eigenvalue weighted by Crippen LogP contribution is 2.26. The topological polar surface area (TPSA) is 67.1 Å². The summed E-state index contributed by atoms with van der Waals surface area (Å²) in [5.74, 6) is 2.85. The summed E-state index contributed by atoms with van der Waals surface area (Å²) < 4.78 is 0. The molecule has 100 valence electrons. The predicted octanol–water partition coefficient (Wildman–Crippen LogP) is 2.12. The van der Waals surface area contributed by atoms with Gasteiger partial charge in [-0.15, -0.1) is 0 Å². The number of anilines is 3. The monoisotopic (exact) mass is 249 g/mol. The molecular weight excluding hydrogens is 226 g/mol. The molecule has 0 amide bonds. The van der Waals surface area contributed by atoms with Crippen molar-refractivity contribution in [3.63, 3.8) is 0 Å². The average molecular weight is 249 g/mol. The van der Waals surface area contributed by atoms with Crippen molar-refractivity contribution in [3.8, 4) is 0 Å². The quantitative estimate of drug-likeness (QED) is 0.836. The van der Waals surface area contributed by atoms with Crippen LogP contribution in [0, 0.1) is 5.92 Å². The Hall–Kier alpha value is -1.52. The first-order valence-corrected chi connectivity index (χ1v) is 6.78. The molecule has 0 spiro atoms. The molecule has 1 fully saturated rings. The maximum atomic E-state index is 5.75. The Morgan fingerprint density at radius 2 is 2.11 bits per heavy atom. The van der Waals surface area contributed by atoms with Crippen molar-refractivity contribution in [2.24, 2.45) is 5.92 Å². The minimum atomic E-state index is 0.335. The molecule has 0 bridgehead atoms. The second-order valence-corrected chi connectivity index (χ2v) is 5.03. The maximum Gasteiger partial charge on any atom is 0.223 e. The lowest BCUT2D eigenvalue weighted by molar-refractivity contribution is 0.545. The molecule has 3 N–H and O–H groups in total. The van der Waals surface area contributed by atoms with E-state index >= 15 is 0 Å². The highest BCUT2D eigenvalue weighted by molar-refractivity contribution is 5.52. The average Bonchev–Trinajstić information content (AvgIpc) is 2.81. The van der Waals surface area contributed by atoms with Gasteiger partial charge in [0.25, 0.3) is 0 Å². The number of aromatic nitrogens is 2. The van der Waals surface area contributed by atoms with Crippen LogP contribution in [0.25, 0.3) is 0 Å². The van der Waals surface area contributed by atoms with Gasteiger partial charge < -0.3 is 16.0 Å². The highest BCUT2D eigenvalue weighted by Gasteiger charge is 2.18. The summed E-state index contributed by atoms with van der Waals surface area (Å²) in [5, 5.41) is 3.18. The zero-order valence-electron chi connectivity index (χ0n) is 11.3. The van der Waals surface area contributed by atoms with E-state index in [0.29, 0.717) is 5.95 Å². The minimum Gasteiger partial charge on any atom is -0.370 e. The Morgan fingerprint density at radius 3 is 2.78 bits per heavy atom. The van der Waals surface area contributed by atoms with Gasteiger partial charge >= 0.3 is 0 Å². The van der Waals surface area contributed by atoms with Crippen LogP contribution >= 0.6 is 0 Å². The third-order valence-electron chi connectivity index (χ3n) is 3.49. The van der Waals surface area contributed by atoms with E-state index in [4.69, 9.17) is 5.73 Å². The van der Waals surface area contributed by atoms with Crippen LogP contribution in [0.15, 0.2) is 6.07 Å². The fraction of sp³-hybridized carbons (Fsp3) is 0.692. The van der Waals surface area contributed by atoms with Crippen molar-refractivity contribution < 1.29 is 0 Å². The number of hydrogen-bond donors (Lipinski definition) is 2. The predicted molar refractivity (Wildman–Crippen MR) is 75.8 cm³/mol. The molecule has 1 aromatic heterocycles. The second kappa shape index (κ2) is 5.89. The number of rotatable bonds is 5. The molecule has 5 heteroatoms. The van der Waals surface area contributed by atoms with E-state index < -0.39 is 0 Å². The third-order valence-corrected chi connectivity index (χ3v) is 3.49. The van der Waals surface area contributed by atoms with Crippen molar-refractivity contribution >= 4 is 17.6 Å². The second-order valence-electron chi connectivity index (χ2n) is 5.03. The first-order chi connectivity index (χ1) is 8.69. The summed E-state index contributed by atoms with van der Waals surface area (Å²) in [4.78, 5) is 10.7. The Labute approximate surface area is 109 Å². The van der Waals surface area contributed by atoms with Gasteiger partial charge in [-0.2, -0.15) is 9.97 Å².